The monoisotopic (exact) mass is 288 g/mol. The van der Waals surface area contributed by atoms with Gasteiger partial charge in [0.15, 0.2) is 0 Å². The highest BCUT2D eigenvalue weighted by Gasteiger charge is 2.23. The van der Waals surface area contributed by atoms with E-state index in [1.807, 2.05) is 0 Å². The van der Waals surface area contributed by atoms with Gasteiger partial charge in [-0.25, -0.2) is 0 Å². The maximum atomic E-state index is 11.5. The van der Waals surface area contributed by atoms with Crippen molar-refractivity contribution in [2.45, 2.75) is 6.42 Å². The van der Waals surface area contributed by atoms with Crippen LogP contribution in [0.1, 0.15) is 4.88 Å². The summed E-state index contributed by atoms with van der Waals surface area (Å²) in [6.07, 6.45) is 0.919. The predicted octanol–water partition coefficient (Wildman–Crippen LogP) is 1.39. The topological polar surface area (TPSA) is 41.1 Å². The van der Waals surface area contributed by atoms with Gasteiger partial charge in [-0.1, -0.05) is 0 Å². The van der Waals surface area contributed by atoms with Gasteiger partial charge in [-0.3, -0.25) is 4.79 Å². The van der Waals surface area contributed by atoms with Crippen LogP contribution in [0.3, 0.4) is 0 Å². The number of thiophene rings is 1. The molecular formula is C10H13BrN2OS. The van der Waals surface area contributed by atoms with E-state index in [0.29, 0.717) is 0 Å². The van der Waals surface area contributed by atoms with Crippen LogP contribution in [0.25, 0.3) is 0 Å². The molecule has 15 heavy (non-hydrogen) atoms. The molecule has 0 aromatic carbocycles. The Hall–Kier alpha value is -0.390. The van der Waals surface area contributed by atoms with Gasteiger partial charge in [-0.15, -0.1) is 11.3 Å². The molecule has 1 aliphatic rings. The van der Waals surface area contributed by atoms with E-state index in [9.17, 15) is 4.79 Å². The fourth-order valence-electron chi connectivity index (χ4n) is 1.41. The zero-order valence-electron chi connectivity index (χ0n) is 8.25. The lowest BCUT2D eigenvalue weighted by molar-refractivity contribution is -0.126. The Labute approximate surface area is 101 Å². The number of hydrogen-bond donors (Lipinski definition) is 2. The second kappa shape index (κ2) is 5.09. The van der Waals surface area contributed by atoms with Gasteiger partial charge in [0.25, 0.3) is 0 Å². The van der Waals surface area contributed by atoms with Gasteiger partial charge < -0.3 is 10.6 Å². The van der Waals surface area contributed by atoms with Gasteiger partial charge in [0.2, 0.25) is 5.91 Å². The summed E-state index contributed by atoms with van der Waals surface area (Å²) >= 11 is 5.13. The first-order valence-corrected chi connectivity index (χ1v) is 6.64. The molecule has 0 spiro atoms. The molecule has 5 heteroatoms. The summed E-state index contributed by atoms with van der Waals surface area (Å²) < 4.78 is 1.12. The van der Waals surface area contributed by atoms with Gasteiger partial charge in [0, 0.05) is 34.4 Å². The van der Waals surface area contributed by atoms with Gasteiger partial charge >= 0.3 is 0 Å². The Bertz CT molecular complexity index is 349. The SMILES string of the molecule is O=C(NCCc1cc(Br)cs1)C1CNC1. The molecule has 82 valence electrons. The first kappa shape index (κ1) is 11.1. The fraction of sp³-hybridized carbons (Fsp3) is 0.500. The second-order valence-corrected chi connectivity index (χ2v) is 5.54. The Morgan fingerprint density at radius 3 is 3.00 bits per heavy atom. The Kier molecular flexibility index (Phi) is 3.77. The maximum Gasteiger partial charge on any atom is 0.225 e. The summed E-state index contributed by atoms with van der Waals surface area (Å²) in [7, 11) is 0. The van der Waals surface area contributed by atoms with Crippen LogP contribution in [-0.4, -0.2) is 25.5 Å². The Morgan fingerprint density at radius 2 is 2.47 bits per heavy atom. The van der Waals surface area contributed by atoms with Crippen LogP contribution in [0.15, 0.2) is 15.9 Å². The molecule has 0 atom stereocenters. The normalized spacial score (nSPS) is 16.1. The quantitative estimate of drug-likeness (QED) is 0.879. The van der Waals surface area contributed by atoms with E-state index in [2.05, 4.69) is 38.0 Å². The molecule has 2 heterocycles. The van der Waals surface area contributed by atoms with E-state index < -0.39 is 0 Å². The predicted molar refractivity (Wildman–Crippen MR) is 65.1 cm³/mol. The minimum absolute atomic E-state index is 0.185. The van der Waals surface area contributed by atoms with E-state index in [1.165, 1.54) is 4.88 Å². The van der Waals surface area contributed by atoms with Crippen LogP contribution in [-0.2, 0) is 11.2 Å². The zero-order valence-corrected chi connectivity index (χ0v) is 10.7. The molecule has 1 aromatic rings. The molecule has 2 N–H and O–H groups in total. The smallest absolute Gasteiger partial charge is 0.225 e. The molecule has 1 amide bonds. The Morgan fingerprint density at radius 1 is 1.67 bits per heavy atom. The number of nitrogens with one attached hydrogen (secondary N) is 2. The van der Waals surface area contributed by atoms with E-state index in [1.54, 1.807) is 11.3 Å². The lowest BCUT2D eigenvalue weighted by Crippen LogP contribution is -2.51. The second-order valence-electron chi connectivity index (χ2n) is 3.63. The molecule has 0 aliphatic carbocycles. The number of rotatable bonds is 4. The third-order valence-electron chi connectivity index (χ3n) is 2.44. The number of hydrogen-bond acceptors (Lipinski definition) is 3. The molecule has 1 fully saturated rings. The average Bonchev–Trinajstić information content (AvgIpc) is 2.48. The maximum absolute atomic E-state index is 11.5. The lowest BCUT2D eigenvalue weighted by atomic mass is 10.0. The van der Waals surface area contributed by atoms with E-state index in [4.69, 9.17) is 0 Å². The fourth-order valence-corrected chi connectivity index (χ4v) is 2.87. The van der Waals surface area contributed by atoms with Gasteiger partial charge in [0.1, 0.15) is 0 Å². The minimum atomic E-state index is 0.185. The van der Waals surface area contributed by atoms with Crippen molar-refractivity contribution in [2.24, 2.45) is 5.92 Å². The van der Waals surface area contributed by atoms with Crippen molar-refractivity contribution in [2.75, 3.05) is 19.6 Å². The van der Waals surface area contributed by atoms with Gasteiger partial charge in [0.05, 0.1) is 5.92 Å². The summed E-state index contributed by atoms with van der Waals surface area (Å²) in [6.45, 7) is 2.40. The van der Waals surface area contributed by atoms with Gasteiger partial charge in [-0.2, -0.15) is 0 Å². The van der Waals surface area contributed by atoms with Crippen molar-refractivity contribution < 1.29 is 4.79 Å². The number of carbonyl (C=O) groups excluding carboxylic acids is 1. The first-order chi connectivity index (χ1) is 7.25. The van der Waals surface area contributed by atoms with E-state index in [0.717, 1.165) is 30.5 Å². The summed E-state index contributed by atoms with van der Waals surface area (Å²) in [5.41, 5.74) is 0. The van der Waals surface area contributed by atoms with Crippen molar-refractivity contribution in [3.05, 3.63) is 20.8 Å². The van der Waals surface area contributed by atoms with Crippen LogP contribution in [0.5, 0.6) is 0 Å². The highest BCUT2D eigenvalue weighted by atomic mass is 79.9. The molecular weight excluding hydrogens is 276 g/mol. The third kappa shape index (κ3) is 3.03. The molecule has 0 saturated carbocycles. The van der Waals surface area contributed by atoms with Crippen LogP contribution >= 0.6 is 27.3 Å². The summed E-state index contributed by atoms with van der Waals surface area (Å²) in [5.74, 6) is 0.379. The molecule has 1 saturated heterocycles. The van der Waals surface area contributed by atoms with Crippen molar-refractivity contribution in [3.8, 4) is 0 Å². The zero-order chi connectivity index (χ0) is 10.7. The molecule has 1 aromatic heterocycles. The average molecular weight is 289 g/mol. The standard InChI is InChI=1S/C10H13BrN2OS/c11-8-3-9(15-6-8)1-2-13-10(14)7-4-12-5-7/h3,6-7,12H,1-2,4-5H2,(H,13,14). The van der Waals surface area contributed by atoms with Crippen molar-refractivity contribution in [3.63, 3.8) is 0 Å². The largest absolute Gasteiger partial charge is 0.355 e. The molecule has 0 bridgehead atoms. The number of halogens is 1. The van der Waals surface area contributed by atoms with Gasteiger partial charge in [-0.05, 0) is 28.4 Å². The highest BCUT2D eigenvalue weighted by Crippen LogP contribution is 2.19. The lowest BCUT2D eigenvalue weighted by Gasteiger charge is -2.25. The third-order valence-corrected chi connectivity index (χ3v) is 4.20. The minimum Gasteiger partial charge on any atom is -0.355 e. The molecule has 3 nitrogen and oxygen atoms in total. The summed E-state index contributed by atoms with van der Waals surface area (Å²) in [5, 5.41) is 8.11. The van der Waals surface area contributed by atoms with Crippen molar-refractivity contribution >= 4 is 33.2 Å². The highest BCUT2D eigenvalue weighted by molar-refractivity contribution is 9.10. The van der Waals surface area contributed by atoms with E-state index >= 15 is 0 Å². The van der Waals surface area contributed by atoms with E-state index in [-0.39, 0.29) is 11.8 Å². The van der Waals surface area contributed by atoms with Crippen LogP contribution < -0.4 is 10.6 Å². The van der Waals surface area contributed by atoms with Crippen molar-refractivity contribution in [1.82, 2.24) is 10.6 Å². The number of carbonyl (C=O) groups is 1. The Balaban J connectivity index is 1.68. The first-order valence-electron chi connectivity index (χ1n) is 4.97. The summed E-state index contributed by atoms with van der Waals surface area (Å²) in [4.78, 5) is 12.8. The molecule has 0 unspecified atom stereocenters. The van der Waals surface area contributed by atoms with Crippen LogP contribution in [0.4, 0.5) is 0 Å². The summed E-state index contributed by atoms with van der Waals surface area (Å²) in [6, 6.07) is 2.10. The number of amides is 1. The molecule has 0 radical (unpaired) electrons. The van der Waals surface area contributed by atoms with Crippen LogP contribution in [0.2, 0.25) is 0 Å². The molecule has 1 aliphatic heterocycles. The molecule has 2 rings (SSSR count). The van der Waals surface area contributed by atoms with Crippen LogP contribution in [0, 0.1) is 5.92 Å². The van der Waals surface area contributed by atoms with Crippen molar-refractivity contribution in [1.29, 1.82) is 0 Å².